The lowest BCUT2D eigenvalue weighted by molar-refractivity contribution is 0.106. The average molecular weight is 152 g/mol. The fourth-order valence-corrected chi connectivity index (χ4v) is 2.71. The summed E-state index contributed by atoms with van der Waals surface area (Å²) in [5.41, 5.74) is 1.66. The monoisotopic (exact) mass is 152 g/mol. The van der Waals surface area contributed by atoms with Crippen LogP contribution in [0.1, 0.15) is 27.2 Å². The van der Waals surface area contributed by atoms with Gasteiger partial charge in [-0.25, -0.2) is 0 Å². The molecule has 62 valence electrons. The number of fused-ring (bicyclic) bond motifs is 1. The van der Waals surface area contributed by atoms with E-state index in [2.05, 4.69) is 20.8 Å². The molecule has 0 heterocycles. The van der Waals surface area contributed by atoms with E-state index >= 15 is 0 Å². The third-order valence-corrected chi connectivity index (χ3v) is 3.64. The van der Waals surface area contributed by atoms with Crippen molar-refractivity contribution in [2.75, 3.05) is 0 Å². The van der Waals surface area contributed by atoms with Gasteiger partial charge in [-0.3, -0.25) is 0 Å². The zero-order valence-corrected chi connectivity index (χ0v) is 7.46. The summed E-state index contributed by atoms with van der Waals surface area (Å²) >= 11 is 0. The van der Waals surface area contributed by atoms with E-state index in [9.17, 15) is 5.11 Å². The van der Waals surface area contributed by atoms with Gasteiger partial charge in [-0.15, -0.1) is 0 Å². The fraction of sp³-hybridized carbons (Fsp3) is 0.800. The minimum Gasteiger partial charge on any atom is -0.388 e. The second-order valence-corrected chi connectivity index (χ2v) is 4.38. The van der Waals surface area contributed by atoms with Crippen LogP contribution in [0.2, 0.25) is 0 Å². The topological polar surface area (TPSA) is 20.2 Å². The Hall–Kier alpha value is -0.300. The van der Waals surface area contributed by atoms with E-state index < -0.39 is 0 Å². The molecule has 1 heteroatoms. The van der Waals surface area contributed by atoms with Gasteiger partial charge in [-0.1, -0.05) is 25.5 Å². The molecular formula is C10H16O. The Labute approximate surface area is 68.1 Å². The van der Waals surface area contributed by atoms with E-state index in [0.29, 0.717) is 11.8 Å². The minimum absolute atomic E-state index is 0.160. The lowest BCUT2D eigenvalue weighted by atomic mass is 9.87. The van der Waals surface area contributed by atoms with Crippen molar-refractivity contribution in [1.82, 2.24) is 0 Å². The van der Waals surface area contributed by atoms with Crippen LogP contribution in [0.5, 0.6) is 0 Å². The van der Waals surface area contributed by atoms with Gasteiger partial charge in [0, 0.05) is 5.41 Å². The summed E-state index contributed by atoms with van der Waals surface area (Å²) in [5.74, 6) is 1.33. The number of rotatable bonds is 1. The van der Waals surface area contributed by atoms with Crippen LogP contribution < -0.4 is 0 Å². The van der Waals surface area contributed by atoms with E-state index in [1.165, 1.54) is 12.0 Å². The summed E-state index contributed by atoms with van der Waals surface area (Å²) in [6, 6.07) is 0. The van der Waals surface area contributed by atoms with Crippen LogP contribution in [0.3, 0.4) is 0 Å². The molecule has 0 aliphatic heterocycles. The smallest absolute Gasteiger partial charge is 0.0788 e. The Balaban J connectivity index is 2.26. The Kier molecular flexibility index (Phi) is 1.26. The zero-order chi connectivity index (χ0) is 8.22. The summed E-state index contributed by atoms with van der Waals surface area (Å²) in [4.78, 5) is 0. The van der Waals surface area contributed by atoms with Crippen molar-refractivity contribution < 1.29 is 5.11 Å². The maximum atomic E-state index is 9.75. The molecule has 1 fully saturated rings. The lowest BCUT2D eigenvalue weighted by Crippen LogP contribution is -2.23. The number of aliphatic hydroxyl groups excluding tert-OH is 1. The van der Waals surface area contributed by atoms with Gasteiger partial charge >= 0.3 is 0 Å². The molecule has 11 heavy (non-hydrogen) atoms. The molecule has 0 amide bonds. The predicted octanol–water partition coefficient (Wildman–Crippen LogP) is 1.97. The van der Waals surface area contributed by atoms with Gasteiger partial charge < -0.3 is 5.11 Å². The summed E-state index contributed by atoms with van der Waals surface area (Å²) in [6.07, 6.45) is 3.09. The van der Waals surface area contributed by atoms with Crippen LogP contribution >= 0.6 is 0 Å². The highest BCUT2D eigenvalue weighted by molar-refractivity contribution is 5.33. The molecule has 1 nitrogen and oxygen atoms in total. The summed E-state index contributed by atoms with van der Waals surface area (Å²) < 4.78 is 0. The Morgan fingerprint density at radius 3 is 2.45 bits per heavy atom. The van der Waals surface area contributed by atoms with Gasteiger partial charge in [0.1, 0.15) is 0 Å². The predicted molar refractivity (Wildman–Crippen MR) is 45.1 cm³/mol. The SMILES string of the molecule is CC1=C[C@H](O)[C@@]2(C(C)C)C[C@@H]12. The second kappa shape index (κ2) is 1.89. The first-order valence-corrected chi connectivity index (χ1v) is 4.45. The van der Waals surface area contributed by atoms with Gasteiger partial charge in [0.2, 0.25) is 0 Å². The molecule has 0 aromatic rings. The molecule has 0 aromatic heterocycles. The summed E-state index contributed by atoms with van der Waals surface area (Å²) in [5, 5.41) is 9.75. The zero-order valence-electron chi connectivity index (χ0n) is 7.46. The normalized spacial score (nSPS) is 47.5. The summed E-state index contributed by atoms with van der Waals surface area (Å²) in [6.45, 7) is 6.58. The molecule has 0 radical (unpaired) electrons. The van der Waals surface area contributed by atoms with Crippen molar-refractivity contribution in [2.24, 2.45) is 17.3 Å². The molecule has 3 atom stereocenters. The summed E-state index contributed by atoms with van der Waals surface area (Å²) in [7, 11) is 0. The van der Waals surface area contributed by atoms with Gasteiger partial charge in [0.05, 0.1) is 6.10 Å². The molecular weight excluding hydrogens is 136 g/mol. The number of hydrogen-bond donors (Lipinski definition) is 1. The maximum absolute atomic E-state index is 9.75. The van der Waals surface area contributed by atoms with Gasteiger partial charge in [-0.05, 0) is 25.2 Å². The highest BCUT2D eigenvalue weighted by atomic mass is 16.3. The largest absolute Gasteiger partial charge is 0.388 e. The number of allylic oxidation sites excluding steroid dienone is 1. The van der Waals surface area contributed by atoms with Crippen molar-refractivity contribution in [2.45, 2.75) is 33.3 Å². The van der Waals surface area contributed by atoms with Crippen molar-refractivity contribution in [3.63, 3.8) is 0 Å². The van der Waals surface area contributed by atoms with E-state index in [1.807, 2.05) is 6.08 Å². The van der Waals surface area contributed by atoms with E-state index in [0.717, 1.165) is 0 Å². The van der Waals surface area contributed by atoms with E-state index in [4.69, 9.17) is 0 Å². The quantitative estimate of drug-likeness (QED) is 0.569. The number of hydrogen-bond acceptors (Lipinski definition) is 1. The lowest BCUT2D eigenvalue weighted by Gasteiger charge is -2.21. The fourth-order valence-electron chi connectivity index (χ4n) is 2.71. The third-order valence-electron chi connectivity index (χ3n) is 3.64. The third kappa shape index (κ3) is 0.698. The number of aliphatic hydroxyl groups is 1. The molecule has 1 N–H and O–H groups in total. The Morgan fingerprint density at radius 2 is 2.27 bits per heavy atom. The van der Waals surface area contributed by atoms with Crippen molar-refractivity contribution >= 4 is 0 Å². The Bertz CT molecular complexity index is 217. The first-order valence-electron chi connectivity index (χ1n) is 4.45. The molecule has 0 saturated heterocycles. The van der Waals surface area contributed by atoms with Crippen LogP contribution in [-0.4, -0.2) is 11.2 Å². The van der Waals surface area contributed by atoms with Crippen LogP contribution in [0.15, 0.2) is 11.6 Å². The highest BCUT2D eigenvalue weighted by Crippen LogP contribution is 2.67. The standard InChI is InChI=1S/C10H16O/c1-6(2)10-5-8(10)7(3)4-9(10)11/h4,6,8-9,11H,5H2,1-3H3/t8-,9-,10+/m0/s1. The molecule has 0 aromatic carbocycles. The van der Waals surface area contributed by atoms with Gasteiger partial charge in [0.25, 0.3) is 0 Å². The van der Waals surface area contributed by atoms with Crippen molar-refractivity contribution in [3.05, 3.63) is 11.6 Å². The first kappa shape index (κ1) is 7.35. The average Bonchev–Trinajstić information content (AvgIpc) is 2.56. The van der Waals surface area contributed by atoms with Crippen LogP contribution in [0.25, 0.3) is 0 Å². The Morgan fingerprint density at radius 1 is 1.64 bits per heavy atom. The van der Waals surface area contributed by atoms with Crippen LogP contribution in [0, 0.1) is 17.3 Å². The second-order valence-electron chi connectivity index (χ2n) is 4.38. The van der Waals surface area contributed by atoms with Crippen LogP contribution in [-0.2, 0) is 0 Å². The molecule has 2 rings (SSSR count). The van der Waals surface area contributed by atoms with Gasteiger partial charge in [-0.2, -0.15) is 0 Å². The molecule has 0 unspecified atom stereocenters. The molecule has 2 aliphatic rings. The first-order chi connectivity index (χ1) is 5.09. The van der Waals surface area contributed by atoms with Crippen LogP contribution in [0.4, 0.5) is 0 Å². The van der Waals surface area contributed by atoms with E-state index in [1.54, 1.807) is 0 Å². The molecule has 0 bridgehead atoms. The van der Waals surface area contributed by atoms with Gasteiger partial charge in [0.15, 0.2) is 0 Å². The molecule has 1 saturated carbocycles. The molecule has 0 spiro atoms. The highest BCUT2D eigenvalue weighted by Gasteiger charge is 2.63. The molecule has 2 aliphatic carbocycles. The maximum Gasteiger partial charge on any atom is 0.0788 e. The van der Waals surface area contributed by atoms with Crippen molar-refractivity contribution in [1.29, 1.82) is 0 Å². The van der Waals surface area contributed by atoms with E-state index in [-0.39, 0.29) is 11.5 Å². The van der Waals surface area contributed by atoms with Crippen molar-refractivity contribution in [3.8, 4) is 0 Å². The minimum atomic E-state index is -0.160.